The van der Waals surface area contributed by atoms with Crippen molar-refractivity contribution >= 4 is 34.8 Å². The highest BCUT2D eigenvalue weighted by Gasteiger charge is 2.22. The molecule has 0 saturated carbocycles. The summed E-state index contributed by atoms with van der Waals surface area (Å²) in [4.78, 5) is 12.1. The summed E-state index contributed by atoms with van der Waals surface area (Å²) in [5.41, 5.74) is 0.907. The summed E-state index contributed by atoms with van der Waals surface area (Å²) in [7, 11) is 0. The first kappa shape index (κ1) is 13.8. The van der Waals surface area contributed by atoms with E-state index in [2.05, 4.69) is 22.8 Å². The highest BCUT2D eigenvalue weighted by molar-refractivity contribution is 6.02. The van der Waals surface area contributed by atoms with Crippen molar-refractivity contribution in [3.8, 4) is 0 Å². The minimum Gasteiger partial charge on any atom is -0.325 e. The molecule has 0 bridgehead atoms. The molecule has 3 rings (SSSR count). The lowest BCUT2D eigenvalue weighted by Crippen LogP contribution is -2.24. The molecule has 1 aliphatic heterocycles. The van der Waals surface area contributed by atoms with Crippen LogP contribution in [0.2, 0.25) is 0 Å². The number of benzene rings is 2. The van der Waals surface area contributed by atoms with Crippen LogP contribution in [-0.4, -0.2) is 19.0 Å². The van der Waals surface area contributed by atoms with Gasteiger partial charge in [0.25, 0.3) is 0 Å². The second kappa shape index (κ2) is 6.04. The summed E-state index contributed by atoms with van der Waals surface area (Å²) in [5, 5.41) is 8.51. The van der Waals surface area contributed by atoms with Crippen molar-refractivity contribution in [3.63, 3.8) is 0 Å². The third kappa shape index (κ3) is 2.88. The van der Waals surface area contributed by atoms with E-state index in [0.29, 0.717) is 0 Å². The average molecular weight is 277 g/mol. The third-order valence-electron chi connectivity index (χ3n) is 3.48. The van der Waals surface area contributed by atoms with Crippen molar-refractivity contribution in [2.24, 2.45) is 5.92 Å². The van der Waals surface area contributed by atoms with E-state index >= 15 is 0 Å². The van der Waals surface area contributed by atoms with Crippen molar-refractivity contribution in [2.75, 3.05) is 18.4 Å². The quantitative estimate of drug-likeness (QED) is 0.886. The third-order valence-corrected chi connectivity index (χ3v) is 3.48. The molecule has 0 aliphatic carbocycles. The van der Waals surface area contributed by atoms with E-state index in [1.165, 1.54) is 0 Å². The molecule has 0 radical (unpaired) electrons. The average Bonchev–Trinajstić information content (AvgIpc) is 2.93. The van der Waals surface area contributed by atoms with E-state index in [9.17, 15) is 4.79 Å². The van der Waals surface area contributed by atoms with Crippen LogP contribution in [0, 0.1) is 5.92 Å². The fraction of sp³-hybridized carbons (Fsp3) is 0.267. The van der Waals surface area contributed by atoms with Crippen molar-refractivity contribution in [1.82, 2.24) is 5.32 Å². The molecule has 1 fully saturated rings. The normalized spacial score (nSPS) is 18.0. The predicted molar refractivity (Wildman–Crippen MR) is 80.8 cm³/mol. The topological polar surface area (TPSA) is 41.1 Å². The summed E-state index contributed by atoms with van der Waals surface area (Å²) < 4.78 is 0. The van der Waals surface area contributed by atoms with Gasteiger partial charge in [-0.05, 0) is 24.4 Å². The first-order chi connectivity index (χ1) is 8.84. The Labute approximate surface area is 118 Å². The fourth-order valence-corrected chi connectivity index (χ4v) is 2.45. The second-order valence-electron chi connectivity index (χ2n) is 4.71. The van der Waals surface area contributed by atoms with Gasteiger partial charge in [-0.1, -0.05) is 36.4 Å². The molecule has 1 atom stereocenters. The largest absolute Gasteiger partial charge is 0.325 e. The Hall–Kier alpha value is -1.58. The summed E-state index contributed by atoms with van der Waals surface area (Å²) in [6, 6.07) is 14.1. The van der Waals surface area contributed by atoms with E-state index in [0.717, 1.165) is 36.0 Å². The van der Waals surface area contributed by atoms with Crippen LogP contribution in [0.5, 0.6) is 0 Å². The van der Waals surface area contributed by atoms with E-state index in [1.54, 1.807) is 0 Å². The summed E-state index contributed by atoms with van der Waals surface area (Å²) in [6.45, 7) is 1.73. The zero-order valence-corrected chi connectivity index (χ0v) is 11.4. The van der Waals surface area contributed by atoms with Gasteiger partial charge >= 0.3 is 0 Å². The number of carbonyl (C=O) groups is 1. The lowest BCUT2D eigenvalue weighted by atomic mass is 10.1. The molecule has 0 spiro atoms. The summed E-state index contributed by atoms with van der Waals surface area (Å²) in [6.07, 6.45) is 0.927. The van der Waals surface area contributed by atoms with Gasteiger partial charge in [-0.2, -0.15) is 0 Å². The van der Waals surface area contributed by atoms with Gasteiger partial charge in [-0.15, -0.1) is 12.4 Å². The molecule has 1 unspecified atom stereocenters. The van der Waals surface area contributed by atoms with Crippen LogP contribution in [0.1, 0.15) is 6.42 Å². The Kier molecular flexibility index (Phi) is 4.40. The standard InChI is InChI=1S/C15H16N2O.ClH/c18-15(12-8-9-16-10-12)17-14-7-3-5-11-4-1-2-6-13(11)14;/h1-7,12,16H,8-10H2,(H,17,18);1H. The van der Waals surface area contributed by atoms with Crippen LogP contribution in [0.4, 0.5) is 5.69 Å². The second-order valence-corrected chi connectivity index (χ2v) is 4.71. The maximum absolute atomic E-state index is 12.1. The molecular weight excluding hydrogens is 260 g/mol. The van der Waals surface area contributed by atoms with E-state index < -0.39 is 0 Å². The molecule has 2 N–H and O–H groups in total. The van der Waals surface area contributed by atoms with Gasteiger partial charge in [0.05, 0.1) is 5.92 Å². The van der Waals surface area contributed by atoms with E-state index in [-0.39, 0.29) is 24.2 Å². The number of hydrogen-bond acceptors (Lipinski definition) is 2. The minimum absolute atomic E-state index is 0. The number of halogens is 1. The van der Waals surface area contributed by atoms with Gasteiger partial charge in [0.1, 0.15) is 0 Å². The first-order valence-corrected chi connectivity index (χ1v) is 6.34. The van der Waals surface area contributed by atoms with Crippen molar-refractivity contribution < 1.29 is 4.79 Å². The molecule has 2 aromatic carbocycles. The molecule has 0 aromatic heterocycles. The van der Waals surface area contributed by atoms with Crippen molar-refractivity contribution in [2.45, 2.75) is 6.42 Å². The van der Waals surface area contributed by atoms with Crippen LogP contribution >= 0.6 is 12.4 Å². The first-order valence-electron chi connectivity index (χ1n) is 6.34. The maximum Gasteiger partial charge on any atom is 0.228 e. The smallest absolute Gasteiger partial charge is 0.228 e. The van der Waals surface area contributed by atoms with Crippen LogP contribution < -0.4 is 10.6 Å². The predicted octanol–water partition coefficient (Wildman–Crippen LogP) is 2.81. The van der Waals surface area contributed by atoms with Gasteiger partial charge < -0.3 is 10.6 Å². The Morgan fingerprint density at radius 2 is 1.95 bits per heavy atom. The van der Waals surface area contributed by atoms with Gasteiger partial charge in [0, 0.05) is 17.6 Å². The highest BCUT2D eigenvalue weighted by atomic mass is 35.5. The maximum atomic E-state index is 12.1. The van der Waals surface area contributed by atoms with Gasteiger partial charge in [-0.25, -0.2) is 0 Å². The van der Waals surface area contributed by atoms with Gasteiger partial charge in [0.2, 0.25) is 5.91 Å². The molecular formula is C15H17ClN2O. The molecule has 1 heterocycles. The monoisotopic (exact) mass is 276 g/mol. The zero-order valence-electron chi connectivity index (χ0n) is 10.6. The number of amides is 1. The number of anilines is 1. The van der Waals surface area contributed by atoms with Gasteiger partial charge in [0.15, 0.2) is 0 Å². The number of rotatable bonds is 2. The SMILES string of the molecule is Cl.O=C(Nc1cccc2ccccc12)C1CCNC1. The summed E-state index contributed by atoms with van der Waals surface area (Å²) >= 11 is 0. The number of fused-ring (bicyclic) bond motifs is 1. The number of hydrogen-bond donors (Lipinski definition) is 2. The lowest BCUT2D eigenvalue weighted by molar-refractivity contribution is -0.119. The highest BCUT2D eigenvalue weighted by Crippen LogP contribution is 2.23. The van der Waals surface area contributed by atoms with Crippen LogP contribution in [0.15, 0.2) is 42.5 Å². The Morgan fingerprint density at radius 1 is 1.16 bits per heavy atom. The lowest BCUT2D eigenvalue weighted by Gasteiger charge is -2.12. The van der Waals surface area contributed by atoms with Crippen LogP contribution in [0.25, 0.3) is 10.8 Å². The zero-order chi connectivity index (χ0) is 12.4. The molecule has 19 heavy (non-hydrogen) atoms. The molecule has 1 amide bonds. The molecule has 100 valence electrons. The number of nitrogens with one attached hydrogen (secondary N) is 2. The van der Waals surface area contributed by atoms with Crippen LogP contribution in [0.3, 0.4) is 0 Å². The molecule has 1 aliphatic rings. The van der Waals surface area contributed by atoms with Crippen molar-refractivity contribution in [1.29, 1.82) is 0 Å². The molecule has 4 heteroatoms. The summed E-state index contributed by atoms with van der Waals surface area (Å²) in [5.74, 6) is 0.223. The molecule has 1 saturated heterocycles. The Morgan fingerprint density at radius 3 is 2.74 bits per heavy atom. The fourth-order valence-electron chi connectivity index (χ4n) is 2.45. The molecule has 3 nitrogen and oxygen atoms in total. The molecule has 2 aromatic rings. The Bertz CT molecular complexity index is 574. The minimum atomic E-state index is 0. The van der Waals surface area contributed by atoms with Crippen molar-refractivity contribution in [3.05, 3.63) is 42.5 Å². The Balaban J connectivity index is 0.00000133. The van der Waals surface area contributed by atoms with E-state index in [1.807, 2.05) is 30.3 Å². The van der Waals surface area contributed by atoms with E-state index in [4.69, 9.17) is 0 Å². The van der Waals surface area contributed by atoms with Gasteiger partial charge in [-0.3, -0.25) is 4.79 Å². The number of carbonyl (C=O) groups excluding carboxylic acids is 1. The van der Waals surface area contributed by atoms with Crippen LogP contribution in [-0.2, 0) is 4.79 Å².